The van der Waals surface area contributed by atoms with Crippen molar-refractivity contribution in [3.8, 4) is 0 Å². The van der Waals surface area contributed by atoms with Gasteiger partial charge in [0.1, 0.15) is 5.82 Å². The van der Waals surface area contributed by atoms with Crippen LogP contribution in [0.2, 0.25) is 0 Å². The second-order valence-corrected chi connectivity index (χ2v) is 5.23. The topological polar surface area (TPSA) is 29.1 Å². The van der Waals surface area contributed by atoms with Crippen molar-refractivity contribution < 1.29 is 9.18 Å². The number of nitrogens with one attached hydrogen (secondary N) is 1. The Labute approximate surface area is 125 Å². The minimum atomic E-state index is -0.472. The fourth-order valence-corrected chi connectivity index (χ4v) is 2.01. The third-order valence-electron chi connectivity index (χ3n) is 2.72. The van der Waals surface area contributed by atoms with E-state index in [1.807, 2.05) is 30.3 Å². The van der Waals surface area contributed by atoms with E-state index in [1.165, 1.54) is 12.1 Å². The molecule has 0 radical (unpaired) electrons. The van der Waals surface area contributed by atoms with Crippen LogP contribution in [-0.2, 0) is 4.79 Å². The van der Waals surface area contributed by atoms with Crippen LogP contribution >= 0.6 is 15.9 Å². The maximum atomic E-state index is 13.6. The Kier molecular flexibility index (Phi) is 4.69. The molecule has 2 aromatic carbocycles. The van der Waals surface area contributed by atoms with Gasteiger partial charge in [0.2, 0.25) is 0 Å². The molecule has 0 aromatic heterocycles. The molecule has 0 spiro atoms. The van der Waals surface area contributed by atoms with Gasteiger partial charge < -0.3 is 5.32 Å². The molecular formula is C16H13BrFNO. The van der Waals surface area contributed by atoms with E-state index in [9.17, 15) is 9.18 Å². The zero-order valence-electron chi connectivity index (χ0n) is 10.9. The smallest absolute Gasteiger partial charge is 0.251 e. The number of rotatable bonds is 3. The monoisotopic (exact) mass is 333 g/mol. The molecule has 0 saturated carbocycles. The van der Waals surface area contributed by atoms with Crippen LogP contribution in [0.4, 0.5) is 10.1 Å². The summed E-state index contributed by atoms with van der Waals surface area (Å²) in [6.45, 7) is 1.69. The van der Waals surface area contributed by atoms with Gasteiger partial charge in [-0.3, -0.25) is 4.79 Å². The van der Waals surface area contributed by atoms with E-state index in [-0.39, 0.29) is 11.6 Å². The van der Waals surface area contributed by atoms with Crippen LogP contribution in [0.1, 0.15) is 12.5 Å². The van der Waals surface area contributed by atoms with Gasteiger partial charge in [0.25, 0.3) is 5.91 Å². The van der Waals surface area contributed by atoms with Gasteiger partial charge in [-0.1, -0.05) is 46.3 Å². The molecule has 1 N–H and O–H groups in total. The molecule has 2 rings (SSSR count). The molecule has 0 heterocycles. The fraction of sp³-hybridized carbons (Fsp3) is 0.0625. The molecule has 0 aliphatic carbocycles. The lowest BCUT2D eigenvalue weighted by Gasteiger charge is -2.07. The van der Waals surface area contributed by atoms with Crippen LogP contribution in [0.15, 0.2) is 58.6 Å². The van der Waals surface area contributed by atoms with E-state index in [2.05, 4.69) is 21.2 Å². The Morgan fingerprint density at radius 1 is 1.20 bits per heavy atom. The maximum absolute atomic E-state index is 13.6. The molecule has 0 saturated heterocycles. The zero-order valence-corrected chi connectivity index (χ0v) is 12.4. The van der Waals surface area contributed by atoms with Gasteiger partial charge in [0, 0.05) is 10.0 Å². The Hall–Kier alpha value is -1.94. The molecule has 4 heteroatoms. The Morgan fingerprint density at radius 3 is 2.55 bits per heavy atom. The van der Waals surface area contributed by atoms with Crippen LogP contribution in [0.5, 0.6) is 0 Å². The van der Waals surface area contributed by atoms with Crippen LogP contribution in [0.25, 0.3) is 6.08 Å². The van der Waals surface area contributed by atoms with Crippen LogP contribution in [-0.4, -0.2) is 5.91 Å². The molecule has 0 bridgehead atoms. The average molecular weight is 334 g/mol. The van der Waals surface area contributed by atoms with Gasteiger partial charge in [-0.05, 0) is 36.8 Å². The van der Waals surface area contributed by atoms with E-state index in [4.69, 9.17) is 0 Å². The highest BCUT2D eigenvalue weighted by Gasteiger charge is 2.09. The molecule has 2 nitrogen and oxygen atoms in total. The number of amides is 1. The van der Waals surface area contributed by atoms with E-state index < -0.39 is 5.82 Å². The van der Waals surface area contributed by atoms with Crippen LogP contribution in [0, 0.1) is 5.82 Å². The van der Waals surface area contributed by atoms with Crippen molar-refractivity contribution in [2.75, 3.05) is 5.32 Å². The summed E-state index contributed by atoms with van der Waals surface area (Å²) in [5.41, 5.74) is 1.61. The van der Waals surface area contributed by atoms with E-state index in [0.717, 1.165) is 5.56 Å². The van der Waals surface area contributed by atoms with Crippen molar-refractivity contribution in [1.29, 1.82) is 0 Å². The number of anilines is 1. The van der Waals surface area contributed by atoms with Crippen LogP contribution < -0.4 is 5.32 Å². The number of carbonyl (C=O) groups excluding carboxylic acids is 1. The molecule has 0 unspecified atom stereocenters. The van der Waals surface area contributed by atoms with E-state index >= 15 is 0 Å². The summed E-state index contributed by atoms with van der Waals surface area (Å²) in [5, 5.41) is 2.55. The second kappa shape index (κ2) is 6.48. The highest BCUT2D eigenvalue weighted by atomic mass is 79.9. The molecule has 2 aromatic rings. The van der Waals surface area contributed by atoms with Gasteiger partial charge in [-0.15, -0.1) is 0 Å². The number of benzene rings is 2. The summed E-state index contributed by atoms with van der Waals surface area (Å²) in [4.78, 5) is 12.0. The van der Waals surface area contributed by atoms with Crippen molar-refractivity contribution >= 4 is 33.6 Å². The number of halogens is 2. The molecule has 1 amide bonds. The second-order valence-electron chi connectivity index (χ2n) is 4.32. The number of hydrogen-bond donors (Lipinski definition) is 1. The van der Waals surface area contributed by atoms with Gasteiger partial charge >= 0.3 is 0 Å². The minimum Gasteiger partial charge on any atom is -0.320 e. The highest BCUT2D eigenvalue weighted by molar-refractivity contribution is 9.10. The summed E-state index contributed by atoms with van der Waals surface area (Å²) >= 11 is 3.17. The lowest BCUT2D eigenvalue weighted by Crippen LogP contribution is -2.13. The molecule has 0 aliphatic rings. The lowest BCUT2D eigenvalue weighted by molar-refractivity contribution is -0.112. The Morgan fingerprint density at radius 2 is 1.90 bits per heavy atom. The predicted molar refractivity (Wildman–Crippen MR) is 82.8 cm³/mol. The van der Waals surface area contributed by atoms with Crippen molar-refractivity contribution in [3.63, 3.8) is 0 Å². The Bertz CT molecular complexity index is 653. The van der Waals surface area contributed by atoms with E-state index in [0.29, 0.717) is 10.0 Å². The first-order valence-electron chi connectivity index (χ1n) is 6.06. The molecule has 0 fully saturated rings. The predicted octanol–water partition coefficient (Wildman–Crippen LogP) is 4.63. The Balaban J connectivity index is 2.14. The summed E-state index contributed by atoms with van der Waals surface area (Å²) < 4.78 is 14.3. The van der Waals surface area contributed by atoms with Gasteiger partial charge in [0.15, 0.2) is 0 Å². The van der Waals surface area contributed by atoms with Crippen molar-refractivity contribution in [2.24, 2.45) is 0 Å². The third-order valence-corrected chi connectivity index (χ3v) is 3.21. The first kappa shape index (κ1) is 14.5. The molecule has 0 aliphatic heterocycles. The van der Waals surface area contributed by atoms with Gasteiger partial charge in [0.05, 0.1) is 5.69 Å². The molecule has 102 valence electrons. The normalized spacial score (nSPS) is 11.2. The summed E-state index contributed by atoms with van der Waals surface area (Å²) in [6.07, 6.45) is 1.76. The first-order valence-corrected chi connectivity index (χ1v) is 6.85. The van der Waals surface area contributed by atoms with Crippen molar-refractivity contribution in [2.45, 2.75) is 6.92 Å². The average Bonchev–Trinajstić information content (AvgIpc) is 2.43. The fourth-order valence-electron chi connectivity index (χ4n) is 1.68. The van der Waals surface area contributed by atoms with Gasteiger partial charge in [-0.25, -0.2) is 4.39 Å². The molecule has 0 atom stereocenters. The molecule has 20 heavy (non-hydrogen) atoms. The standard InChI is InChI=1S/C16H13BrFNO/c1-11(9-12-5-3-2-4-6-12)16(20)19-15-8-7-13(17)10-14(15)18/h2-10H,1H3,(H,19,20)/b11-9-. The number of carbonyl (C=O) groups is 1. The maximum Gasteiger partial charge on any atom is 0.251 e. The minimum absolute atomic E-state index is 0.166. The SMILES string of the molecule is C/C(=C/c1ccccc1)C(=O)Nc1ccc(Br)cc1F. The highest BCUT2D eigenvalue weighted by Crippen LogP contribution is 2.20. The van der Waals surface area contributed by atoms with Crippen LogP contribution in [0.3, 0.4) is 0 Å². The lowest BCUT2D eigenvalue weighted by atomic mass is 10.1. The zero-order chi connectivity index (χ0) is 14.5. The van der Waals surface area contributed by atoms with E-state index in [1.54, 1.807) is 19.1 Å². The van der Waals surface area contributed by atoms with Crippen molar-refractivity contribution in [3.05, 3.63) is 70.0 Å². The number of hydrogen-bond acceptors (Lipinski definition) is 1. The summed E-state index contributed by atoms with van der Waals surface area (Å²) in [5.74, 6) is -0.796. The largest absolute Gasteiger partial charge is 0.320 e. The first-order chi connectivity index (χ1) is 9.56. The van der Waals surface area contributed by atoms with Gasteiger partial charge in [-0.2, -0.15) is 0 Å². The summed E-state index contributed by atoms with van der Waals surface area (Å²) in [6, 6.07) is 14.0. The molecular weight excluding hydrogens is 321 g/mol. The third kappa shape index (κ3) is 3.78. The quantitative estimate of drug-likeness (QED) is 0.815. The van der Waals surface area contributed by atoms with Crippen molar-refractivity contribution in [1.82, 2.24) is 0 Å². The summed E-state index contributed by atoms with van der Waals surface area (Å²) in [7, 11) is 0.